The van der Waals surface area contributed by atoms with Crippen molar-refractivity contribution in [2.75, 3.05) is 5.32 Å². The molecule has 0 bridgehead atoms. The van der Waals surface area contributed by atoms with Gasteiger partial charge >= 0.3 is 0 Å². The highest BCUT2D eigenvalue weighted by molar-refractivity contribution is 9.10. The third-order valence-electron chi connectivity index (χ3n) is 2.39. The van der Waals surface area contributed by atoms with E-state index < -0.39 is 16.8 Å². The maximum absolute atomic E-state index is 12.6. The van der Waals surface area contributed by atoms with Gasteiger partial charge in [0, 0.05) is 16.6 Å². The van der Waals surface area contributed by atoms with Crippen LogP contribution < -0.4 is 5.32 Å². The minimum atomic E-state index is -0.667. The molecule has 0 spiro atoms. The third-order valence-corrected chi connectivity index (χ3v) is 3.08. The van der Waals surface area contributed by atoms with Gasteiger partial charge in [0.1, 0.15) is 0 Å². The number of carbonyl (C=O) groups excluding carboxylic acids is 1. The molecule has 8 heteroatoms. The van der Waals surface area contributed by atoms with Crippen LogP contribution in [0.1, 0.15) is 10.4 Å². The Morgan fingerprint density at radius 1 is 1.35 bits per heavy atom. The first-order chi connectivity index (χ1) is 9.47. The zero-order chi connectivity index (χ0) is 14.7. The summed E-state index contributed by atoms with van der Waals surface area (Å²) in [6.07, 6.45) is 1.15. The molecule has 0 aliphatic carbocycles. The molecular weight excluding hydrogens is 333 g/mol. The van der Waals surface area contributed by atoms with E-state index in [1.54, 1.807) is 0 Å². The Morgan fingerprint density at radius 2 is 2.10 bits per heavy atom. The molecule has 1 heterocycles. The molecule has 102 valence electrons. The van der Waals surface area contributed by atoms with Crippen molar-refractivity contribution in [2.45, 2.75) is 0 Å². The van der Waals surface area contributed by atoms with Gasteiger partial charge in [-0.2, -0.15) is 4.39 Å². The highest BCUT2D eigenvalue weighted by atomic mass is 79.9. The average Bonchev–Trinajstić information content (AvgIpc) is 2.41. The van der Waals surface area contributed by atoms with Gasteiger partial charge in [-0.15, -0.1) is 0 Å². The van der Waals surface area contributed by atoms with Crippen molar-refractivity contribution in [3.8, 4) is 0 Å². The van der Waals surface area contributed by atoms with Crippen molar-refractivity contribution < 1.29 is 14.1 Å². The number of aromatic nitrogens is 1. The fourth-order valence-electron chi connectivity index (χ4n) is 1.45. The molecule has 0 aliphatic heterocycles. The normalized spacial score (nSPS) is 10.1. The van der Waals surface area contributed by atoms with Gasteiger partial charge in [0.25, 0.3) is 11.6 Å². The standard InChI is InChI=1S/C12H7BrFN3O3/c13-10-3-2-8(17(19)20)5-9(10)12(18)16-7-1-4-11(14)15-6-7/h1-6H,(H,16,18). The number of pyridine rings is 1. The fraction of sp³-hybridized carbons (Fsp3) is 0. The SMILES string of the molecule is O=C(Nc1ccc(F)nc1)c1cc([N+](=O)[O-])ccc1Br. The van der Waals surface area contributed by atoms with Crippen LogP contribution >= 0.6 is 15.9 Å². The van der Waals surface area contributed by atoms with E-state index >= 15 is 0 Å². The number of non-ortho nitro benzene ring substituents is 1. The second-order valence-corrected chi connectivity index (χ2v) is 4.60. The van der Waals surface area contributed by atoms with Crippen LogP contribution in [0.25, 0.3) is 0 Å². The highest BCUT2D eigenvalue weighted by Gasteiger charge is 2.15. The van der Waals surface area contributed by atoms with Gasteiger partial charge in [0.15, 0.2) is 0 Å². The maximum atomic E-state index is 12.6. The van der Waals surface area contributed by atoms with Crippen molar-refractivity contribution in [3.05, 3.63) is 62.6 Å². The van der Waals surface area contributed by atoms with Gasteiger partial charge in [-0.3, -0.25) is 14.9 Å². The fourth-order valence-corrected chi connectivity index (χ4v) is 1.88. The first kappa shape index (κ1) is 14.1. The van der Waals surface area contributed by atoms with Crippen LogP contribution in [-0.2, 0) is 0 Å². The first-order valence-electron chi connectivity index (χ1n) is 5.34. The van der Waals surface area contributed by atoms with Crippen LogP contribution in [0, 0.1) is 16.1 Å². The summed E-state index contributed by atoms with van der Waals surface area (Å²) in [7, 11) is 0. The molecule has 0 unspecified atom stereocenters. The summed E-state index contributed by atoms with van der Waals surface area (Å²) in [4.78, 5) is 25.5. The van der Waals surface area contributed by atoms with Crippen molar-refractivity contribution in [3.63, 3.8) is 0 Å². The molecule has 0 saturated carbocycles. The number of nitro benzene ring substituents is 1. The van der Waals surface area contributed by atoms with Gasteiger partial charge < -0.3 is 5.32 Å². The largest absolute Gasteiger partial charge is 0.321 e. The van der Waals surface area contributed by atoms with E-state index in [0.29, 0.717) is 4.47 Å². The van der Waals surface area contributed by atoms with E-state index in [1.165, 1.54) is 18.2 Å². The summed E-state index contributed by atoms with van der Waals surface area (Å²) in [6, 6.07) is 6.27. The predicted octanol–water partition coefficient (Wildman–Crippen LogP) is 3.14. The minimum absolute atomic E-state index is 0.100. The number of anilines is 1. The highest BCUT2D eigenvalue weighted by Crippen LogP contribution is 2.23. The van der Waals surface area contributed by atoms with E-state index in [-0.39, 0.29) is 16.9 Å². The molecule has 2 rings (SSSR count). The quantitative estimate of drug-likeness (QED) is 0.528. The Morgan fingerprint density at radius 3 is 2.70 bits per heavy atom. The van der Waals surface area contributed by atoms with Gasteiger partial charge in [-0.1, -0.05) is 0 Å². The zero-order valence-corrected chi connectivity index (χ0v) is 11.4. The Kier molecular flexibility index (Phi) is 4.04. The first-order valence-corrected chi connectivity index (χ1v) is 6.13. The van der Waals surface area contributed by atoms with E-state index in [4.69, 9.17) is 0 Å². The topological polar surface area (TPSA) is 85.1 Å². The van der Waals surface area contributed by atoms with Crippen LogP contribution in [0.15, 0.2) is 41.0 Å². The molecule has 1 aromatic carbocycles. The number of halogens is 2. The number of nitrogens with one attached hydrogen (secondary N) is 1. The Bertz CT molecular complexity index is 676. The van der Waals surface area contributed by atoms with Crippen LogP contribution in [-0.4, -0.2) is 15.8 Å². The Balaban J connectivity index is 2.26. The van der Waals surface area contributed by atoms with Gasteiger partial charge in [0.2, 0.25) is 5.95 Å². The van der Waals surface area contributed by atoms with E-state index in [9.17, 15) is 19.3 Å². The van der Waals surface area contributed by atoms with Crippen molar-refractivity contribution >= 4 is 33.2 Å². The molecule has 0 atom stereocenters. The summed E-state index contributed by atoms with van der Waals surface area (Å²) in [6.45, 7) is 0. The zero-order valence-electron chi connectivity index (χ0n) is 9.84. The average molecular weight is 340 g/mol. The smallest absolute Gasteiger partial charge is 0.270 e. The van der Waals surface area contributed by atoms with E-state index in [2.05, 4.69) is 26.2 Å². The lowest BCUT2D eigenvalue weighted by Crippen LogP contribution is -2.13. The number of rotatable bonds is 3. The molecule has 1 N–H and O–H groups in total. The minimum Gasteiger partial charge on any atom is -0.321 e. The number of carbonyl (C=O) groups is 1. The second kappa shape index (κ2) is 5.74. The van der Waals surface area contributed by atoms with Crippen LogP contribution in [0.2, 0.25) is 0 Å². The van der Waals surface area contributed by atoms with Crippen molar-refractivity contribution in [2.24, 2.45) is 0 Å². The molecule has 20 heavy (non-hydrogen) atoms. The van der Waals surface area contributed by atoms with Gasteiger partial charge in [0.05, 0.1) is 22.4 Å². The number of hydrogen-bond acceptors (Lipinski definition) is 4. The van der Waals surface area contributed by atoms with Gasteiger partial charge in [-0.05, 0) is 34.1 Å². The molecular formula is C12H7BrFN3O3. The summed E-state index contributed by atoms with van der Waals surface area (Å²) >= 11 is 3.15. The molecule has 0 saturated heterocycles. The van der Waals surface area contributed by atoms with Crippen LogP contribution in [0.4, 0.5) is 15.8 Å². The van der Waals surface area contributed by atoms with E-state index in [1.807, 2.05) is 0 Å². The Labute approximate surface area is 120 Å². The molecule has 0 radical (unpaired) electrons. The molecule has 1 amide bonds. The van der Waals surface area contributed by atoms with Crippen molar-refractivity contribution in [1.29, 1.82) is 0 Å². The number of amides is 1. The molecule has 6 nitrogen and oxygen atoms in total. The molecule has 0 aliphatic rings. The summed E-state index contributed by atoms with van der Waals surface area (Å²) < 4.78 is 13.1. The molecule has 0 fully saturated rings. The lowest BCUT2D eigenvalue weighted by molar-refractivity contribution is -0.384. The molecule has 1 aromatic heterocycles. The molecule has 2 aromatic rings. The number of nitro groups is 1. The summed E-state index contributed by atoms with van der Waals surface area (Å²) in [5.74, 6) is -1.23. The number of nitrogens with zero attached hydrogens (tertiary/aromatic N) is 2. The maximum Gasteiger partial charge on any atom is 0.270 e. The Hall–Kier alpha value is -2.35. The second-order valence-electron chi connectivity index (χ2n) is 3.74. The lowest BCUT2D eigenvalue weighted by atomic mass is 10.2. The van der Waals surface area contributed by atoms with Gasteiger partial charge in [-0.25, -0.2) is 4.98 Å². The third kappa shape index (κ3) is 3.15. The summed E-state index contributed by atoms with van der Waals surface area (Å²) in [5, 5.41) is 13.2. The number of hydrogen-bond donors (Lipinski definition) is 1. The summed E-state index contributed by atoms with van der Waals surface area (Å²) in [5.41, 5.74) is 0.189. The van der Waals surface area contributed by atoms with Crippen LogP contribution in [0.3, 0.4) is 0 Å². The monoisotopic (exact) mass is 339 g/mol. The van der Waals surface area contributed by atoms with Crippen LogP contribution in [0.5, 0.6) is 0 Å². The predicted molar refractivity (Wildman–Crippen MR) is 72.9 cm³/mol. The van der Waals surface area contributed by atoms with Crippen molar-refractivity contribution in [1.82, 2.24) is 4.98 Å². The van der Waals surface area contributed by atoms with E-state index in [0.717, 1.165) is 18.3 Å². The number of benzene rings is 1. The lowest BCUT2D eigenvalue weighted by Gasteiger charge is -2.06.